The third-order valence-electron chi connectivity index (χ3n) is 7.57. The molecular weight excluding hydrogens is 521 g/mol. The molecule has 4 aromatic rings. The highest BCUT2D eigenvalue weighted by atomic mass is 32.2. The fourth-order valence-electron chi connectivity index (χ4n) is 5.48. The quantitative estimate of drug-likeness (QED) is 0.217. The summed E-state index contributed by atoms with van der Waals surface area (Å²) in [6.07, 6.45) is 9.29. The van der Waals surface area contributed by atoms with Gasteiger partial charge in [0.25, 0.3) is 5.91 Å². The third-order valence-corrected chi connectivity index (χ3v) is 8.56. The lowest BCUT2D eigenvalue weighted by Gasteiger charge is -2.30. The molecule has 0 radical (unpaired) electrons. The van der Waals surface area contributed by atoms with Gasteiger partial charge in [-0.1, -0.05) is 67.3 Å². The van der Waals surface area contributed by atoms with Gasteiger partial charge < -0.3 is 9.30 Å². The third kappa shape index (κ3) is 5.56. The summed E-state index contributed by atoms with van der Waals surface area (Å²) in [4.78, 5) is 20.9. The Morgan fingerprint density at radius 2 is 1.75 bits per heavy atom. The number of aliphatic imine (C=N–C) groups is 1. The number of aryl methyl sites for hydroxylation is 1. The number of benzene rings is 3. The molecule has 1 amide bonds. The smallest absolute Gasteiger partial charge is 0.267 e. The monoisotopic (exact) mass is 553 g/mol. The van der Waals surface area contributed by atoms with Crippen molar-refractivity contribution >= 4 is 45.5 Å². The van der Waals surface area contributed by atoms with Gasteiger partial charge in [0, 0.05) is 28.7 Å². The number of hydrogen-bond acceptors (Lipinski definition) is 4. The van der Waals surface area contributed by atoms with E-state index in [1.807, 2.05) is 47.4 Å². The van der Waals surface area contributed by atoms with E-state index in [2.05, 4.69) is 34.8 Å². The van der Waals surface area contributed by atoms with Gasteiger partial charge in [0.05, 0.1) is 11.4 Å². The highest BCUT2D eigenvalue weighted by molar-refractivity contribution is 8.18. The number of ether oxygens (including phenoxy) is 1. The van der Waals surface area contributed by atoms with E-state index >= 15 is 0 Å². The lowest BCUT2D eigenvalue weighted by Crippen LogP contribution is -2.40. The Morgan fingerprint density at radius 1 is 1.00 bits per heavy atom. The van der Waals surface area contributed by atoms with Crippen LogP contribution in [-0.4, -0.2) is 33.2 Å². The van der Waals surface area contributed by atoms with Gasteiger partial charge in [-0.3, -0.25) is 9.69 Å². The second kappa shape index (κ2) is 11.7. The average Bonchev–Trinajstić information content (AvgIpc) is 3.48. The van der Waals surface area contributed by atoms with Crippen LogP contribution in [0.15, 0.2) is 88.9 Å². The zero-order chi connectivity index (χ0) is 27.5. The minimum absolute atomic E-state index is 0.0495. The summed E-state index contributed by atoms with van der Waals surface area (Å²) in [5.41, 5.74) is 3.51. The SMILES string of the molecule is Cc1ccc(OCCn2cc(/C=C3/SC(=Nc4ccccc4F)N(C4CCCCC4)C3=O)c3ccccc32)cc1. The normalized spacial score (nSPS) is 18.4. The molecule has 0 bridgehead atoms. The Labute approximate surface area is 238 Å². The van der Waals surface area contributed by atoms with E-state index in [4.69, 9.17) is 4.74 Å². The van der Waals surface area contributed by atoms with Gasteiger partial charge in [-0.2, -0.15) is 0 Å². The summed E-state index contributed by atoms with van der Waals surface area (Å²) in [6, 6.07) is 22.8. The highest BCUT2D eigenvalue weighted by Crippen LogP contribution is 2.39. The van der Waals surface area contributed by atoms with Crippen LogP contribution >= 0.6 is 11.8 Å². The molecule has 1 aliphatic heterocycles. The molecule has 0 spiro atoms. The van der Waals surface area contributed by atoms with Crippen molar-refractivity contribution in [2.24, 2.45) is 4.99 Å². The van der Waals surface area contributed by atoms with Crippen LogP contribution in [0.25, 0.3) is 17.0 Å². The molecule has 0 atom stereocenters. The molecule has 2 aliphatic rings. The van der Waals surface area contributed by atoms with Crippen molar-refractivity contribution in [1.29, 1.82) is 0 Å². The first kappa shape index (κ1) is 26.4. The van der Waals surface area contributed by atoms with Gasteiger partial charge in [-0.25, -0.2) is 9.38 Å². The van der Waals surface area contributed by atoms with Gasteiger partial charge >= 0.3 is 0 Å². The van der Waals surface area contributed by atoms with E-state index in [-0.39, 0.29) is 23.5 Å². The number of carbonyl (C=O) groups excluding carboxylic acids is 1. The molecular formula is C33H32FN3O2S. The van der Waals surface area contributed by atoms with Gasteiger partial charge in [0.1, 0.15) is 23.9 Å². The number of carbonyl (C=O) groups is 1. The molecule has 1 saturated carbocycles. The van der Waals surface area contributed by atoms with Crippen molar-refractivity contribution in [1.82, 2.24) is 9.47 Å². The Morgan fingerprint density at radius 3 is 2.55 bits per heavy atom. The topological polar surface area (TPSA) is 46.8 Å². The first-order valence-corrected chi connectivity index (χ1v) is 14.7. The second-order valence-corrected chi connectivity index (χ2v) is 11.4. The van der Waals surface area contributed by atoms with Crippen LogP contribution in [-0.2, 0) is 11.3 Å². The first-order valence-electron chi connectivity index (χ1n) is 13.9. The molecule has 204 valence electrons. The molecule has 7 heteroatoms. The minimum Gasteiger partial charge on any atom is -0.492 e. The number of fused-ring (bicyclic) bond motifs is 1. The summed E-state index contributed by atoms with van der Waals surface area (Å²) < 4.78 is 22.7. The Balaban J connectivity index is 1.30. The van der Waals surface area contributed by atoms with Crippen LogP contribution in [0.4, 0.5) is 10.1 Å². The van der Waals surface area contributed by atoms with Crippen LogP contribution in [0.1, 0.15) is 43.2 Å². The molecule has 2 heterocycles. The molecule has 40 heavy (non-hydrogen) atoms. The summed E-state index contributed by atoms with van der Waals surface area (Å²) in [5, 5.41) is 1.63. The number of halogens is 1. The Kier molecular flexibility index (Phi) is 7.73. The molecule has 3 aromatic carbocycles. The number of amides is 1. The highest BCUT2D eigenvalue weighted by Gasteiger charge is 2.39. The van der Waals surface area contributed by atoms with Crippen molar-refractivity contribution in [2.45, 2.75) is 51.6 Å². The standard InChI is InChI=1S/C33H32FN3O2S/c1-23-15-17-26(18-16-23)39-20-19-36-22-24(27-11-5-8-14-30(27)36)21-31-32(38)37(25-9-3-2-4-10-25)33(40-31)35-29-13-7-6-12-28(29)34/h5-8,11-18,21-22,25H,2-4,9-10,19-20H2,1H3/b31-21+,35-33?. The summed E-state index contributed by atoms with van der Waals surface area (Å²) >= 11 is 1.34. The molecule has 0 unspecified atom stereocenters. The van der Waals surface area contributed by atoms with Gasteiger partial charge in [0.2, 0.25) is 0 Å². The first-order chi connectivity index (χ1) is 19.6. The number of hydrogen-bond donors (Lipinski definition) is 0. The average molecular weight is 554 g/mol. The van der Waals surface area contributed by atoms with Crippen molar-refractivity contribution < 1.29 is 13.9 Å². The second-order valence-electron chi connectivity index (χ2n) is 10.4. The zero-order valence-electron chi connectivity index (χ0n) is 22.6. The fourth-order valence-corrected chi connectivity index (χ4v) is 6.53. The van der Waals surface area contributed by atoms with E-state index in [1.165, 1.54) is 29.8 Å². The maximum Gasteiger partial charge on any atom is 0.267 e. The number of amidine groups is 1. The predicted octanol–water partition coefficient (Wildman–Crippen LogP) is 8.10. The van der Waals surface area contributed by atoms with Crippen molar-refractivity contribution in [3.63, 3.8) is 0 Å². The molecule has 6 rings (SSSR count). The molecule has 1 aromatic heterocycles. The number of aromatic nitrogens is 1. The largest absolute Gasteiger partial charge is 0.492 e. The van der Waals surface area contributed by atoms with Crippen LogP contribution < -0.4 is 4.74 Å². The van der Waals surface area contributed by atoms with Crippen LogP contribution in [0.3, 0.4) is 0 Å². The van der Waals surface area contributed by atoms with E-state index in [9.17, 15) is 9.18 Å². The molecule has 1 saturated heterocycles. The summed E-state index contributed by atoms with van der Waals surface area (Å²) in [7, 11) is 0. The summed E-state index contributed by atoms with van der Waals surface area (Å²) in [6.45, 7) is 3.26. The Hall–Kier alpha value is -3.84. The van der Waals surface area contributed by atoms with E-state index in [0.29, 0.717) is 23.2 Å². The van der Waals surface area contributed by atoms with Crippen molar-refractivity contribution in [3.05, 3.63) is 101 Å². The number of rotatable bonds is 7. The molecule has 0 N–H and O–H groups in total. The van der Waals surface area contributed by atoms with Gasteiger partial charge in [-0.05, 0) is 67.9 Å². The molecule has 5 nitrogen and oxygen atoms in total. The fraction of sp³-hybridized carbons (Fsp3) is 0.273. The van der Waals surface area contributed by atoms with Crippen LogP contribution in [0.5, 0.6) is 5.75 Å². The van der Waals surface area contributed by atoms with E-state index in [1.54, 1.807) is 18.2 Å². The van der Waals surface area contributed by atoms with Crippen molar-refractivity contribution in [3.8, 4) is 5.75 Å². The zero-order valence-corrected chi connectivity index (χ0v) is 23.4. The molecule has 1 aliphatic carbocycles. The summed E-state index contributed by atoms with van der Waals surface area (Å²) in [5.74, 6) is 0.411. The minimum atomic E-state index is -0.389. The van der Waals surface area contributed by atoms with Gasteiger partial charge in [-0.15, -0.1) is 0 Å². The predicted molar refractivity (Wildman–Crippen MR) is 161 cm³/mol. The number of para-hydroxylation sites is 2. The number of thioether (sulfide) groups is 1. The maximum atomic E-state index is 14.5. The lowest BCUT2D eigenvalue weighted by atomic mass is 9.94. The van der Waals surface area contributed by atoms with E-state index in [0.717, 1.165) is 47.9 Å². The maximum absolute atomic E-state index is 14.5. The Bertz CT molecular complexity index is 1590. The van der Waals surface area contributed by atoms with Crippen LogP contribution in [0, 0.1) is 12.7 Å². The number of nitrogens with zero attached hydrogens (tertiary/aromatic N) is 3. The molecule has 2 fully saturated rings. The van der Waals surface area contributed by atoms with Crippen molar-refractivity contribution in [2.75, 3.05) is 6.61 Å². The van der Waals surface area contributed by atoms with E-state index < -0.39 is 0 Å². The van der Waals surface area contributed by atoms with Crippen LogP contribution in [0.2, 0.25) is 0 Å². The van der Waals surface area contributed by atoms with Gasteiger partial charge in [0.15, 0.2) is 5.17 Å². The lowest BCUT2D eigenvalue weighted by molar-refractivity contribution is -0.124.